The number of hydrogen-bond donors (Lipinski definition) is 2. The van der Waals surface area contributed by atoms with Crippen molar-refractivity contribution in [2.75, 3.05) is 12.6 Å². The van der Waals surface area contributed by atoms with Gasteiger partial charge in [-0.15, -0.1) is 23.2 Å². The van der Waals surface area contributed by atoms with Gasteiger partial charge in [-0.05, 0) is 36.5 Å². The summed E-state index contributed by atoms with van der Waals surface area (Å²) < 4.78 is 5.23. The van der Waals surface area contributed by atoms with E-state index >= 15 is 0 Å². The Labute approximate surface area is 222 Å². The van der Waals surface area contributed by atoms with Crippen molar-refractivity contribution in [3.05, 3.63) is 34.4 Å². The van der Waals surface area contributed by atoms with Crippen LogP contribution in [0.15, 0.2) is 23.8 Å². The van der Waals surface area contributed by atoms with Crippen LogP contribution in [0, 0.1) is 17.8 Å². The minimum Gasteiger partial charge on any atom is -0.503 e. The Kier molecular flexibility index (Phi) is 5.73. The van der Waals surface area contributed by atoms with Crippen molar-refractivity contribution in [1.82, 2.24) is 9.96 Å². The Hall–Kier alpha value is -1.85. The molecule has 4 aliphatic rings. The number of aromatic hydroxyl groups is 1. The van der Waals surface area contributed by atoms with E-state index in [1.807, 2.05) is 0 Å². The maximum Gasteiger partial charge on any atom is 0.257 e. The first-order valence-corrected chi connectivity index (χ1v) is 12.8. The molecule has 0 spiro atoms. The molecule has 0 radical (unpaired) electrons. The molecule has 186 valence electrons. The van der Waals surface area contributed by atoms with Crippen LogP contribution in [-0.2, 0) is 19.2 Å². The van der Waals surface area contributed by atoms with E-state index in [0.29, 0.717) is 11.1 Å². The van der Waals surface area contributed by atoms with E-state index in [1.54, 1.807) is 6.08 Å². The quantitative estimate of drug-likeness (QED) is 0.178. The summed E-state index contributed by atoms with van der Waals surface area (Å²) in [4.78, 5) is 49.4. The number of nitrogens with zero attached hydrogens (tertiary/aromatic N) is 2. The average Bonchev–Trinajstić information content (AvgIpc) is 3.13. The van der Waals surface area contributed by atoms with Crippen molar-refractivity contribution in [3.8, 4) is 11.5 Å². The molecule has 2 aliphatic carbocycles. The molecule has 2 N–H and O–H groups in total. The number of hydroxylamine groups is 2. The Balaban J connectivity index is 1.78. The van der Waals surface area contributed by atoms with Crippen LogP contribution in [-0.4, -0.2) is 66.2 Å². The molecule has 6 unspecified atom stereocenters. The number of hydrogen-bond acceptors (Lipinski definition) is 7. The van der Waals surface area contributed by atoms with E-state index in [0.717, 1.165) is 4.90 Å². The number of phenolic OH excluding ortho intramolecular Hbond substituents is 1. The number of rotatable bonds is 3. The maximum atomic E-state index is 13.6. The Morgan fingerprint density at radius 3 is 2.46 bits per heavy atom. The molecule has 4 amide bonds. The fourth-order valence-electron chi connectivity index (χ4n) is 6.03. The summed E-state index contributed by atoms with van der Waals surface area (Å²) in [6.45, 7) is 0. The van der Waals surface area contributed by atoms with Crippen molar-refractivity contribution in [2.45, 2.75) is 28.5 Å². The number of imide groups is 2. The molecule has 9 nitrogen and oxygen atoms in total. The highest BCUT2D eigenvalue weighted by molar-refractivity contribution is 9.09. The number of fused-ring (bicyclic) bond motifs is 4. The molecule has 1 aromatic carbocycles. The highest BCUT2D eigenvalue weighted by Gasteiger charge is 2.76. The number of alkyl halides is 3. The minimum atomic E-state index is -2.01. The third kappa shape index (κ3) is 2.97. The third-order valence-corrected chi connectivity index (χ3v) is 9.80. The predicted molar refractivity (Wildman–Crippen MR) is 127 cm³/mol. The van der Waals surface area contributed by atoms with Gasteiger partial charge in [0.25, 0.3) is 23.6 Å². The van der Waals surface area contributed by atoms with Crippen LogP contribution >= 0.6 is 50.7 Å². The molecule has 1 aromatic rings. The summed E-state index contributed by atoms with van der Waals surface area (Å²) in [6, 6.07) is 2.84. The van der Waals surface area contributed by atoms with Gasteiger partial charge in [-0.1, -0.05) is 39.2 Å². The van der Waals surface area contributed by atoms with Gasteiger partial charge >= 0.3 is 0 Å². The smallest absolute Gasteiger partial charge is 0.257 e. The third-order valence-electron chi connectivity index (χ3n) is 7.60. The number of allylic oxidation sites excluding steroid dienone is 2. The zero-order valence-electron chi connectivity index (χ0n) is 18.0. The summed E-state index contributed by atoms with van der Waals surface area (Å²) >= 11 is 23.5. The number of methoxy groups -OCH3 is 1. The van der Waals surface area contributed by atoms with E-state index < -0.39 is 57.0 Å². The molecule has 2 saturated heterocycles. The van der Waals surface area contributed by atoms with Gasteiger partial charge in [0.1, 0.15) is 0 Å². The number of carbonyl (C=O) groups excluding carboxylic acids is 4. The molecule has 35 heavy (non-hydrogen) atoms. The molecule has 3 fully saturated rings. The molecule has 1 saturated carbocycles. The second-order valence-corrected chi connectivity index (χ2v) is 11.2. The normalized spacial score (nSPS) is 36.2. The first kappa shape index (κ1) is 24.8. The number of likely N-dealkylation sites (tertiary alicyclic amines) is 1. The molecule has 6 atom stereocenters. The van der Waals surface area contributed by atoms with Gasteiger partial charge in [-0.25, -0.2) is 0 Å². The van der Waals surface area contributed by atoms with Crippen LogP contribution in [0.4, 0.5) is 0 Å². The Bertz CT molecular complexity index is 1240. The topological polar surface area (TPSA) is 124 Å². The fraction of sp³-hybridized carbons (Fsp3) is 0.455. The summed E-state index contributed by atoms with van der Waals surface area (Å²) in [5.41, 5.74) is 0.696. The summed E-state index contributed by atoms with van der Waals surface area (Å²) in [5.74, 6) is -6.98. The van der Waals surface area contributed by atoms with E-state index in [4.69, 9.17) is 39.5 Å². The largest absolute Gasteiger partial charge is 0.503 e. The second-order valence-electron chi connectivity index (χ2n) is 9.03. The molecule has 0 bridgehead atoms. The van der Waals surface area contributed by atoms with E-state index in [2.05, 4.69) is 15.9 Å². The number of ether oxygens (including phenoxy) is 1. The lowest BCUT2D eigenvalue weighted by molar-refractivity contribution is -0.173. The average molecular weight is 609 g/mol. The highest BCUT2D eigenvalue weighted by Crippen LogP contribution is 2.65. The number of phenols is 1. The van der Waals surface area contributed by atoms with Gasteiger partial charge in [-0.2, -0.15) is 5.06 Å². The molecule has 5 rings (SSSR count). The summed E-state index contributed by atoms with van der Waals surface area (Å²) in [6.07, 6.45) is 1.62. The molecule has 13 heteroatoms. The first-order chi connectivity index (χ1) is 16.4. The van der Waals surface area contributed by atoms with Crippen LogP contribution in [0.1, 0.15) is 24.3 Å². The van der Waals surface area contributed by atoms with Crippen LogP contribution in [0.25, 0.3) is 0 Å². The van der Waals surface area contributed by atoms with Crippen LogP contribution in [0.2, 0.25) is 5.02 Å². The highest BCUT2D eigenvalue weighted by atomic mass is 79.9. The standard InChI is InChI=1S/C22H18BrCl3N2O7/c1-35-13-5-8(4-12(24)16(13)29)15-9-2-3-10-14(18(31)28(34)17(10)30)11(9)6-21(25)19(32)27(7-23)20(33)22(15,21)26/h2,4-5,10-11,14-15,29,34H,3,6-7H2,1H3. The van der Waals surface area contributed by atoms with E-state index in [1.165, 1.54) is 19.2 Å². The van der Waals surface area contributed by atoms with Crippen molar-refractivity contribution in [2.24, 2.45) is 17.8 Å². The fourth-order valence-corrected chi connectivity index (χ4v) is 7.67. The SMILES string of the molecule is COc1cc(C2C3=CCC4C(=O)N(O)C(=O)C4C3CC3(Cl)C(=O)N(CBr)C(=O)C23Cl)cc(Cl)c1O. The Morgan fingerprint density at radius 2 is 1.83 bits per heavy atom. The van der Waals surface area contributed by atoms with E-state index in [-0.39, 0.29) is 39.9 Å². The lowest BCUT2D eigenvalue weighted by Gasteiger charge is -2.50. The Morgan fingerprint density at radius 1 is 1.14 bits per heavy atom. The van der Waals surface area contributed by atoms with E-state index in [9.17, 15) is 29.5 Å². The van der Waals surface area contributed by atoms with Crippen molar-refractivity contribution in [1.29, 1.82) is 0 Å². The predicted octanol–water partition coefficient (Wildman–Crippen LogP) is 3.15. The summed E-state index contributed by atoms with van der Waals surface area (Å²) in [5, 5.41) is 20.3. The monoisotopic (exact) mass is 606 g/mol. The van der Waals surface area contributed by atoms with Gasteiger partial charge in [0, 0.05) is 5.92 Å². The van der Waals surface area contributed by atoms with Crippen LogP contribution in [0.5, 0.6) is 11.5 Å². The molecular weight excluding hydrogens is 591 g/mol. The zero-order valence-corrected chi connectivity index (χ0v) is 21.9. The lowest BCUT2D eigenvalue weighted by Crippen LogP contribution is -2.60. The first-order valence-electron chi connectivity index (χ1n) is 10.6. The number of carbonyl (C=O) groups is 4. The minimum absolute atomic E-state index is 0.00659. The van der Waals surface area contributed by atoms with Crippen LogP contribution in [0.3, 0.4) is 0 Å². The molecule has 0 aromatic heterocycles. The van der Waals surface area contributed by atoms with Crippen molar-refractivity contribution in [3.63, 3.8) is 0 Å². The maximum absolute atomic E-state index is 13.6. The van der Waals surface area contributed by atoms with Gasteiger partial charge in [0.05, 0.1) is 29.4 Å². The number of halogens is 4. The van der Waals surface area contributed by atoms with Gasteiger partial charge in [-0.3, -0.25) is 29.3 Å². The van der Waals surface area contributed by atoms with Gasteiger partial charge in [0.2, 0.25) is 0 Å². The van der Waals surface area contributed by atoms with Crippen molar-refractivity contribution < 1.29 is 34.2 Å². The van der Waals surface area contributed by atoms with Gasteiger partial charge in [0.15, 0.2) is 21.2 Å². The van der Waals surface area contributed by atoms with Crippen LogP contribution < -0.4 is 4.74 Å². The van der Waals surface area contributed by atoms with Crippen molar-refractivity contribution >= 4 is 74.4 Å². The summed E-state index contributed by atoms with van der Waals surface area (Å²) in [7, 11) is 1.32. The molecule has 2 heterocycles. The number of benzene rings is 1. The number of amides is 4. The molecular formula is C22H18BrCl3N2O7. The van der Waals surface area contributed by atoms with Gasteiger partial charge < -0.3 is 9.84 Å². The second kappa shape index (κ2) is 8.08. The zero-order chi connectivity index (χ0) is 25.6. The molecule has 2 aliphatic heterocycles. The lowest BCUT2D eigenvalue weighted by atomic mass is 9.56.